The van der Waals surface area contributed by atoms with Crippen molar-refractivity contribution in [2.75, 3.05) is 0 Å². The summed E-state index contributed by atoms with van der Waals surface area (Å²) in [5, 5.41) is 8.31. The lowest BCUT2D eigenvalue weighted by atomic mass is 10.2. The molecular weight excluding hydrogens is 250 g/mol. The Balaban J connectivity index is 2.16. The summed E-state index contributed by atoms with van der Waals surface area (Å²) in [5.41, 5.74) is 1.14. The van der Waals surface area contributed by atoms with Gasteiger partial charge in [0.2, 0.25) is 0 Å². The summed E-state index contributed by atoms with van der Waals surface area (Å²) < 4.78 is 0. The van der Waals surface area contributed by atoms with Crippen LogP contribution in [-0.2, 0) is 0 Å². The monoisotopic (exact) mass is 261 g/mol. The molecule has 0 aliphatic rings. The molecule has 1 nitrogen and oxygen atoms in total. The molecule has 1 unspecified atom stereocenters. The van der Waals surface area contributed by atoms with Crippen LogP contribution < -0.4 is 0 Å². The molecule has 3 heteroatoms. The number of halogens is 1. The predicted molar refractivity (Wildman–Crippen MR) is 75.3 cm³/mol. The number of hydrogen-bond donors (Lipinski definition) is 1. The van der Waals surface area contributed by atoms with Crippen molar-refractivity contribution in [3.8, 4) is 0 Å². The number of benzene rings is 2. The van der Waals surface area contributed by atoms with Crippen LogP contribution in [0.15, 0.2) is 59.5 Å². The van der Waals surface area contributed by atoms with Crippen molar-refractivity contribution in [3.63, 3.8) is 0 Å². The minimum absolute atomic E-state index is 0.0531. The van der Waals surface area contributed by atoms with E-state index in [0.29, 0.717) is 0 Å². The Morgan fingerprint density at radius 3 is 2.24 bits per heavy atom. The molecule has 1 atom stereocenters. The highest BCUT2D eigenvalue weighted by Crippen LogP contribution is 2.33. The molecule has 0 spiro atoms. The van der Waals surface area contributed by atoms with Crippen LogP contribution in [0.5, 0.6) is 0 Å². The largest absolute Gasteiger partial charge is 0.312 e. The molecular formula is C14H12ClNS. The summed E-state index contributed by atoms with van der Waals surface area (Å²) in [5.74, 6) is 0. The molecule has 2 aromatic rings. The van der Waals surface area contributed by atoms with Crippen LogP contribution in [0.2, 0.25) is 5.02 Å². The third-order valence-corrected chi connectivity index (χ3v) is 3.81. The van der Waals surface area contributed by atoms with E-state index in [-0.39, 0.29) is 5.25 Å². The van der Waals surface area contributed by atoms with Gasteiger partial charge in [-0.1, -0.05) is 41.9 Å². The van der Waals surface area contributed by atoms with Crippen molar-refractivity contribution >= 4 is 29.6 Å². The first-order valence-corrected chi connectivity index (χ1v) is 6.53. The topological polar surface area (TPSA) is 23.9 Å². The van der Waals surface area contributed by atoms with Crippen molar-refractivity contribution in [1.82, 2.24) is 0 Å². The number of hydrogen-bond acceptors (Lipinski definition) is 2. The van der Waals surface area contributed by atoms with Gasteiger partial charge < -0.3 is 5.41 Å². The smallest absolute Gasteiger partial charge is 0.0689 e. The summed E-state index contributed by atoms with van der Waals surface area (Å²) in [4.78, 5) is 1.12. The standard InChI is InChI=1S/C14H12ClNS/c15-12-6-8-13(9-7-12)17-14(10-16)11-4-2-1-3-5-11/h1-10,14,16H. The summed E-state index contributed by atoms with van der Waals surface area (Å²) in [7, 11) is 0. The summed E-state index contributed by atoms with van der Waals surface area (Å²) in [6, 6.07) is 17.8. The molecule has 0 aliphatic carbocycles. The van der Waals surface area contributed by atoms with E-state index < -0.39 is 0 Å². The molecule has 0 fully saturated rings. The van der Waals surface area contributed by atoms with Gasteiger partial charge in [-0.25, -0.2) is 0 Å². The molecule has 1 N–H and O–H groups in total. The maximum absolute atomic E-state index is 7.52. The zero-order valence-corrected chi connectivity index (χ0v) is 10.7. The second-order valence-corrected chi connectivity index (χ2v) is 5.22. The van der Waals surface area contributed by atoms with Crippen LogP contribution in [0.1, 0.15) is 10.8 Å². The Bertz CT molecular complexity index is 481. The highest BCUT2D eigenvalue weighted by atomic mass is 35.5. The second kappa shape index (κ2) is 5.89. The van der Waals surface area contributed by atoms with E-state index in [1.54, 1.807) is 11.8 Å². The van der Waals surface area contributed by atoms with E-state index in [1.807, 2.05) is 54.6 Å². The molecule has 0 aromatic heterocycles. The Morgan fingerprint density at radius 1 is 1.00 bits per heavy atom. The molecule has 0 amide bonds. The fraction of sp³-hybridized carbons (Fsp3) is 0.0714. The Kier molecular flexibility index (Phi) is 4.24. The van der Waals surface area contributed by atoms with Crippen molar-refractivity contribution < 1.29 is 0 Å². The van der Waals surface area contributed by atoms with Gasteiger partial charge in [0.05, 0.1) is 5.25 Å². The number of nitrogens with one attached hydrogen (secondary N) is 1. The lowest BCUT2D eigenvalue weighted by Gasteiger charge is -2.11. The average Bonchev–Trinajstić information content (AvgIpc) is 2.39. The highest BCUT2D eigenvalue weighted by Gasteiger charge is 2.09. The van der Waals surface area contributed by atoms with Gasteiger partial charge in [0.25, 0.3) is 0 Å². The average molecular weight is 262 g/mol. The first kappa shape index (κ1) is 12.2. The van der Waals surface area contributed by atoms with Crippen LogP contribution in [0, 0.1) is 5.41 Å². The minimum Gasteiger partial charge on any atom is -0.312 e. The first-order valence-electron chi connectivity index (χ1n) is 5.27. The maximum atomic E-state index is 7.52. The quantitative estimate of drug-likeness (QED) is 0.619. The zero-order valence-electron chi connectivity index (χ0n) is 9.14. The van der Waals surface area contributed by atoms with E-state index >= 15 is 0 Å². The van der Waals surface area contributed by atoms with Crippen molar-refractivity contribution in [2.24, 2.45) is 0 Å². The molecule has 0 heterocycles. The van der Waals surface area contributed by atoms with Gasteiger partial charge in [-0.3, -0.25) is 0 Å². The van der Waals surface area contributed by atoms with Gasteiger partial charge in [-0.15, -0.1) is 11.8 Å². The minimum atomic E-state index is 0.0531. The Hall–Kier alpha value is -1.25. The van der Waals surface area contributed by atoms with Gasteiger partial charge in [0.1, 0.15) is 0 Å². The maximum Gasteiger partial charge on any atom is 0.0689 e. The van der Waals surface area contributed by atoms with Gasteiger partial charge in [0.15, 0.2) is 0 Å². The predicted octanol–water partition coefficient (Wildman–Crippen LogP) is 4.82. The molecule has 0 radical (unpaired) electrons. The second-order valence-electron chi connectivity index (χ2n) is 3.57. The highest BCUT2D eigenvalue weighted by molar-refractivity contribution is 8.00. The van der Waals surface area contributed by atoms with Crippen LogP contribution in [0.3, 0.4) is 0 Å². The molecule has 2 rings (SSSR count). The number of rotatable bonds is 4. The van der Waals surface area contributed by atoms with Gasteiger partial charge >= 0.3 is 0 Å². The van der Waals surface area contributed by atoms with Crippen LogP contribution in [0.4, 0.5) is 0 Å². The molecule has 0 saturated heterocycles. The molecule has 2 aromatic carbocycles. The van der Waals surface area contributed by atoms with E-state index in [9.17, 15) is 0 Å². The number of thioether (sulfide) groups is 1. The van der Waals surface area contributed by atoms with Gasteiger partial charge in [0, 0.05) is 16.1 Å². The van der Waals surface area contributed by atoms with Crippen molar-refractivity contribution in [1.29, 1.82) is 5.41 Å². The summed E-state index contributed by atoms with van der Waals surface area (Å²) >= 11 is 7.49. The van der Waals surface area contributed by atoms with Crippen molar-refractivity contribution in [3.05, 3.63) is 65.2 Å². The lowest BCUT2D eigenvalue weighted by molar-refractivity contribution is 1.28. The normalized spacial score (nSPS) is 12.1. The molecule has 0 aliphatic heterocycles. The molecule has 86 valence electrons. The van der Waals surface area contributed by atoms with E-state index in [1.165, 1.54) is 6.21 Å². The summed E-state index contributed by atoms with van der Waals surface area (Å²) in [6.45, 7) is 0. The fourth-order valence-corrected chi connectivity index (χ4v) is 2.57. The first-order chi connectivity index (χ1) is 8.29. The third-order valence-electron chi connectivity index (χ3n) is 2.36. The zero-order chi connectivity index (χ0) is 12.1. The molecule has 0 bridgehead atoms. The van der Waals surface area contributed by atoms with E-state index in [4.69, 9.17) is 17.0 Å². The van der Waals surface area contributed by atoms with Crippen LogP contribution in [-0.4, -0.2) is 6.21 Å². The third kappa shape index (κ3) is 3.35. The molecule has 17 heavy (non-hydrogen) atoms. The Labute approximate surface area is 110 Å². The SMILES string of the molecule is N=CC(Sc1ccc(Cl)cc1)c1ccccc1. The fourth-order valence-electron chi connectivity index (χ4n) is 1.50. The van der Waals surface area contributed by atoms with Gasteiger partial charge in [-0.05, 0) is 29.8 Å². The van der Waals surface area contributed by atoms with E-state index in [2.05, 4.69) is 0 Å². The molecule has 0 saturated carbocycles. The Morgan fingerprint density at radius 2 is 1.65 bits per heavy atom. The van der Waals surface area contributed by atoms with Gasteiger partial charge in [-0.2, -0.15) is 0 Å². The van der Waals surface area contributed by atoms with E-state index in [0.717, 1.165) is 15.5 Å². The van der Waals surface area contributed by atoms with Crippen LogP contribution in [0.25, 0.3) is 0 Å². The lowest BCUT2D eigenvalue weighted by Crippen LogP contribution is -1.94. The van der Waals surface area contributed by atoms with Crippen molar-refractivity contribution in [2.45, 2.75) is 10.1 Å². The van der Waals surface area contributed by atoms with Crippen LogP contribution >= 0.6 is 23.4 Å². The summed E-state index contributed by atoms with van der Waals surface area (Å²) in [6.07, 6.45) is 1.47.